The van der Waals surface area contributed by atoms with Crippen LogP contribution in [-0.4, -0.2) is 19.9 Å². The molecule has 0 fully saturated rings. The molecule has 0 bridgehead atoms. The Balaban J connectivity index is 2.80. The maximum Gasteiger partial charge on any atom is 0.115 e. The van der Waals surface area contributed by atoms with Crippen LogP contribution in [0.25, 0.3) is 0 Å². The number of benzene rings is 1. The van der Waals surface area contributed by atoms with Gasteiger partial charge in [-0.2, -0.15) is 0 Å². The van der Waals surface area contributed by atoms with E-state index in [0.717, 1.165) is 11.4 Å². The van der Waals surface area contributed by atoms with Gasteiger partial charge in [-0.05, 0) is 25.8 Å². The second kappa shape index (κ2) is 4.50. The Hall–Kier alpha value is -1.51. The number of hydrogen-bond acceptors (Lipinski definition) is 3. The molecule has 0 aliphatic carbocycles. The molecule has 0 aliphatic rings. The van der Waals surface area contributed by atoms with Crippen molar-refractivity contribution in [2.24, 2.45) is 4.99 Å². The van der Waals surface area contributed by atoms with Crippen molar-refractivity contribution < 1.29 is 0 Å². The summed E-state index contributed by atoms with van der Waals surface area (Å²) in [7, 11) is 1.90. The van der Waals surface area contributed by atoms with E-state index in [0.29, 0.717) is 0 Å². The first-order valence-corrected chi connectivity index (χ1v) is 4.27. The molecule has 1 rings (SSSR count). The van der Waals surface area contributed by atoms with E-state index in [-0.39, 0.29) is 6.17 Å². The second-order valence-corrected chi connectivity index (χ2v) is 2.80. The zero-order valence-corrected chi connectivity index (χ0v) is 8.04. The maximum atomic E-state index is 3.87. The van der Waals surface area contributed by atoms with E-state index in [4.69, 9.17) is 0 Å². The van der Waals surface area contributed by atoms with Gasteiger partial charge in [-0.15, -0.1) is 0 Å². The summed E-state index contributed by atoms with van der Waals surface area (Å²) in [6, 6.07) is 7.99. The number of para-hydroxylation sites is 2. The molecule has 0 saturated carbocycles. The molecule has 1 atom stereocenters. The van der Waals surface area contributed by atoms with E-state index in [2.05, 4.69) is 22.3 Å². The lowest BCUT2D eigenvalue weighted by molar-refractivity contribution is 0.862. The predicted molar refractivity (Wildman–Crippen MR) is 58.6 cm³/mol. The van der Waals surface area contributed by atoms with Crippen LogP contribution in [0.3, 0.4) is 0 Å². The average molecular weight is 177 g/mol. The third kappa shape index (κ3) is 2.47. The first kappa shape index (κ1) is 9.58. The topological polar surface area (TPSA) is 36.4 Å². The number of nitrogens with one attached hydrogen (secondary N) is 2. The summed E-state index contributed by atoms with van der Waals surface area (Å²) in [6.07, 6.45) is 0.0366. The molecule has 0 spiro atoms. The molecule has 13 heavy (non-hydrogen) atoms. The lowest BCUT2D eigenvalue weighted by Gasteiger charge is -2.13. The van der Waals surface area contributed by atoms with Gasteiger partial charge in [0.2, 0.25) is 0 Å². The molecule has 0 heterocycles. The summed E-state index contributed by atoms with van der Waals surface area (Å²) in [4.78, 5) is 3.87. The maximum absolute atomic E-state index is 3.87. The highest BCUT2D eigenvalue weighted by molar-refractivity contribution is 5.68. The normalized spacial score (nSPS) is 11.8. The van der Waals surface area contributed by atoms with Gasteiger partial charge in [0.1, 0.15) is 6.17 Å². The molecule has 0 radical (unpaired) electrons. The molecule has 1 aromatic carbocycles. The van der Waals surface area contributed by atoms with Crippen LogP contribution in [0, 0.1) is 0 Å². The van der Waals surface area contributed by atoms with Gasteiger partial charge in [-0.1, -0.05) is 12.1 Å². The minimum Gasteiger partial charge on any atom is -0.386 e. The van der Waals surface area contributed by atoms with Crippen molar-refractivity contribution in [2.45, 2.75) is 13.1 Å². The minimum atomic E-state index is 0.0366. The van der Waals surface area contributed by atoms with Gasteiger partial charge in [0.25, 0.3) is 0 Å². The van der Waals surface area contributed by atoms with Crippen LogP contribution in [0.5, 0.6) is 0 Å². The van der Waals surface area contributed by atoms with Crippen molar-refractivity contribution in [2.75, 3.05) is 17.7 Å². The van der Waals surface area contributed by atoms with Gasteiger partial charge < -0.3 is 10.6 Å². The largest absolute Gasteiger partial charge is 0.386 e. The molecule has 0 aliphatic heterocycles. The molecule has 0 saturated heterocycles. The number of rotatable bonds is 4. The molecule has 3 heteroatoms. The molecule has 0 amide bonds. The number of nitrogens with zero attached hydrogens (tertiary/aromatic N) is 1. The van der Waals surface area contributed by atoms with Crippen molar-refractivity contribution in [3.8, 4) is 0 Å². The van der Waals surface area contributed by atoms with E-state index < -0.39 is 0 Å². The summed E-state index contributed by atoms with van der Waals surface area (Å²) in [6.45, 7) is 5.44. The number of aliphatic imine (C=N–C) groups is 1. The molecular weight excluding hydrogens is 162 g/mol. The second-order valence-electron chi connectivity index (χ2n) is 2.80. The fraction of sp³-hybridized carbons (Fsp3) is 0.300. The van der Waals surface area contributed by atoms with Crippen LogP contribution in [-0.2, 0) is 0 Å². The quantitative estimate of drug-likeness (QED) is 0.692. The Morgan fingerprint density at radius 2 is 1.92 bits per heavy atom. The highest BCUT2D eigenvalue weighted by Crippen LogP contribution is 2.20. The highest BCUT2D eigenvalue weighted by atomic mass is 15.1. The average Bonchev–Trinajstić information content (AvgIpc) is 2.18. The zero-order chi connectivity index (χ0) is 9.68. The van der Waals surface area contributed by atoms with Crippen LogP contribution < -0.4 is 10.6 Å². The summed E-state index contributed by atoms with van der Waals surface area (Å²) in [5.74, 6) is 0. The lowest BCUT2D eigenvalue weighted by Crippen LogP contribution is -2.12. The first-order chi connectivity index (χ1) is 6.27. The fourth-order valence-corrected chi connectivity index (χ4v) is 1.10. The Kier molecular flexibility index (Phi) is 3.31. The lowest BCUT2D eigenvalue weighted by atomic mass is 10.2. The summed E-state index contributed by atoms with van der Waals surface area (Å²) in [5, 5.41) is 6.32. The number of hydrogen-bond donors (Lipinski definition) is 2. The molecular formula is C10H15N3. The SMILES string of the molecule is C=NC(C)Nc1ccccc1NC. The molecule has 2 N–H and O–H groups in total. The smallest absolute Gasteiger partial charge is 0.115 e. The highest BCUT2D eigenvalue weighted by Gasteiger charge is 2.01. The van der Waals surface area contributed by atoms with Gasteiger partial charge in [0, 0.05) is 7.05 Å². The molecule has 3 nitrogen and oxygen atoms in total. The van der Waals surface area contributed by atoms with Crippen molar-refractivity contribution in [1.29, 1.82) is 0 Å². The van der Waals surface area contributed by atoms with Crippen molar-refractivity contribution in [3.63, 3.8) is 0 Å². The van der Waals surface area contributed by atoms with Crippen molar-refractivity contribution in [3.05, 3.63) is 24.3 Å². The van der Waals surface area contributed by atoms with E-state index >= 15 is 0 Å². The zero-order valence-electron chi connectivity index (χ0n) is 8.04. The van der Waals surface area contributed by atoms with Crippen molar-refractivity contribution in [1.82, 2.24) is 0 Å². The third-order valence-electron chi connectivity index (χ3n) is 1.83. The Morgan fingerprint density at radius 1 is 1.31 bits per heavy atom. The van der Waals surface area contributed by atoms with Gasteiger partial charge in [-0.25, -0.2) is 0 Å². The van der Waals surface area contributed by atoms with Crippen LogP contribution >= 0.6 is 0 Å². The van der Waals surface area contributed by atoms with Gasteiger partial charge in [0.15, 0.2) is 0 Å². The molecule has 0 aromatic heterocycles. The van der Waals surface area contributed by atoms with Crippen LogP contribution in [0.4, 0.5) is 11.4 Å². The van der Waals surface area contributed by atoms with Gasteiger partial charge in [-0.3, -0.25) is 4.99 Å². The molecule has 70 valence electrons. The van der Waals surface area contributed by atoms with Gasteiger partial charge in [0.05, 0.1) is 11.4 Å². The van der Waals surface area contributed by atoms with Crippen molar-refractivity contribution >= 4 is 18.1 Å². The minimum absolute atomic E-state index is 0.0366. The third-order valence-corrected chi connectivity index (χ3v) is 1.83. The van der Waals surface area contributed by atoms with Crippen LogP contribution in [0.1, 0.15) is 6.92 Å². The Labute approximate surface area is 78.9 Å². The van der Waals surface area contributed by atoms with E-state index in [9.17, 15) is 0 Å². The summed E-state index contributed by atoms with van der Waals surface area (Å²) >= 11 is 0. The summed E-state index contributed by atoms with van der Waals surface area (Å²) < 4.78 is 0. The predicted octanol–water partition coefficient (Wildman–Crippen LogP) is 2.19. The van der Waals surface area contributed by atoms with E-state index in [1.165, 1.54) is 0 Å². The fourth-order valence-electron chi connectivity index (χ4n) is 1.10. The molecule has 1 unspecified atom stereocenters. The molecule has 1 aromatic rings. The van der Waals surface area contributed by atoms with Gasteiger partial charge >= 0.3 is 0 Å². The van der Waals surface area contributed by atoms with Crippen LogP contribution in [0.2, 0.25) is 0 Å². The standard InChI is InChI=1S/C10H15N3/c1-8(11-2)13-10-7-5-4-6-9(10)12-3/h4-8,12-13H,2H2,1,3H3. The summed E-state index contributed by atoms with van der Waals surface area (Å²) in [5.41, 5.74) is 2.11. The monoisotopic (exact) mass is 177 g/mol. The number of anilines is 2. The first-order valence-electron chi connectivity index (χ1n) is 4.27. The Bertz CT molecular complexity index is 283. The van der Waals surface area contributed by atoms with E-state index in [1.807, 2.05) is 38.2 Å². The van der Waals surface area contributed by atoms with E-state index in [1.54, 1.807) is 0 Å². The Morgan fingerprint density at radius 3 is 2.46 bits per heavy atom. The van der Waals surface area contributed by atoms with Crippen LogP contribution in [0.15, 0.2) is 29.3 Å².